The number of aromatic nitrogens is 3. The van der Waals surface area contributed by atoms with Gasteiger partial charge in [0.1, 0.15) is 5.75 Å². The average Bonchev–Trinajstić information content (AvgIpc) is 2.98. The van der Waals surface area contributed by atoms with Crippen molar-refractivity contribution in [2.45, 2.75) is 31.4 Å². The second-order valence-electron chi connectivity index (χ2n) is 5.42. The Hall–Kier alpha value is -1.88. The molecule has 2 aliphatic rings. The summed E-state index contributed by atoms with van der Waals surface area (Å²) < 4.78 is 13.4. The van der Waals surface area contributed by atoms with Crippen LogP contribution >= 0.6 is 0 Å². The van der Waals surface area contributed by atoms with Gasteiger partial charge in [-0.2, -0.15) is 5.10 Å². The third-order valence-electron chi connectivity index (χ3n) is 3.79. The quantitative estimate of drug-likeness (QED) is 0.857. The van der Waals surface area contributed by atoms with E-state index < -0.39 is 0 Å². The molecule has 0 radical (unpaired) electrons. The Morgan fingerprint density at radius 1 is 1.25 bits per heavy atom. The van der Waals surface area contributed by atoms with Crippen molar-refractivity contribution in [3.8, 4) is 16.9 Å². The van der Waals surface area contributed by atoms with Gasteiger partial charge in [0, 0.05) is 36.3 Å². The minimum atomic E-state index is 0.355. The van der Waals surface area contributed by atoms with E-state index >= 15 is 0 Å². The molecule has 20 heavy (non-hydrogen) atoms. The Kier molecular flexibility index (Phi) is 2.92. The van der Waals surface area contributed by atoms with Crippen LogP contribution in [0.2, 0.25) is 0 Å². The lowest BCUT2D eigenvalue weighted by atomic mass is 10.1. The summed E-state index contributed by atoms with van der Waals surface area (Å²) in [5, 5.41) is 4.46. The van der Waals surface area contributed by atoms with Crippen LogP contribution < -0.4 is 4.74 Å². The van der Waals surface area contributed by atoms with Crippen LogP contribution in [0.5, 0.6) is 5.75 Å². The highest BCUT2D eigenvalue weighted by Gasteiger charge is 2.25. The van der Waals surface area contributed by atoms with E-state index in [-0.39, 0.29) is 0 Å². The highest BCUT2D eigenvalue weighted by atomic mass is 16.5. The molecule has 5 nitrogen and oxygen atoms in total. The molecule has 2 aromatic rings. The SMILES string of the molecule is c1cc(OC2CC2)c(-c2cnn(C3CCOC3)c2)cn1. The minimum Gasteiger partial charge on any atom is -0.490 e. The zero-order chi connectivity index (χ0) is 13.4. The summed E-state index contributed by atoms with van der Waals surface area (Å²) in [5.74, 6) is 0.907. The van der Waals surface area contributed by atoms with Gasteiger partial charge in [-0.15, -0.1) is 0 Å². The summed E-state index contributed by atoms with van der Waals surface area (Å²) in [7, 11) is 0. The van der Waals surface area contributed by atoms with Crippen LogP contribution in [0.3, 0.4) is 0 Å². The van der Waals surface area contributed by atoms with Gasteiger partial charge in [-0.05, 0) is 25.3 Å². The molecule has 1 aliphatic heterocycles. The predicted molar refractivity (Wildman–Crippen MR) is 73.6 cm³/mol. The molecule has 104 valence electrons. The lowest BCUT2D eigenvalue weighted by Crippen LogP contribution is -2.08. The highest BCUT2D eigenvalue weighted by Crippen LogP contribution is 2.34. The van der Waals surface area contributed by atoms with Gasteiger partial charge >= 0.3 is 0 Å². The van der Waals surface area contributed by atoms with Crippen LogP contribution in [-0.4, -0.2) is 34.1 Å². The Balaban J connectivity index is 1.63. The van der Waals surface area contributed by atoms with Gasteiger partial charge in [0.2, 0.25) is 0 Å². The van der Waals surface area contributed by atoms with Crippen LogP contribution in [0.4, 0.5) is 0 Å². The molecule has 2 aromatic heterocycles. The highest BCUT2D eigenvalue weighted by molar-refractivity contribution is 5.68. The van der Waals surface area contributed by atoms with Crippen molar-refractivity contribution in [2.24, 2.45) is 0 Å². The molecule has 1 aliphatic carbocycles. The minimum absolute atomic E-state index is 0.355. The van der Waals surface area contributed by atoms with E-state index in [9.17, 15) is 0 Å². The molecule has 5 heteroatoms. The van der Waals surface area contributed by atoms with E-state index in [1.165, 1.54) is 0 Å². The van der Waals surface area contributed by atoms with Crippen LogP contribution in [0, 0.1) is 0 Å². The third kappa shape index (κ3) is 2.29. The number of pyridine rings is 1. The summed E-state index contributed by atoms with van der Waals surface area (Å²) in [6.45, 7) is 1.57. The molecule has 1 unspecified atom stereocenters. The standard InChI is InChI=1S/C15H17N3O2/c1-2-13(1)20-15-3-5-16-8-14(15)11-7-17-18(9-11)12-4-6-19-10-12/h3,5,7-9,12-13H,1-2,4,6,10H2. The zero-order valence-corrected chi connectivity index (χ0v) is 11.2. The number of rotatable bonds is 4. The van der Waals surface area contributed by atoms with Gasteiger partial charge in [-0.25, -0.2) is 0 Å². The Bertz CT molecular complexity index is 601. The molecule has 0 N–H and O–H groups in total. The van der Waals surface area contributed by atoms with Crippen LogP contribution in [0.25, 0.3) is 11.1 Å². The summed E-state index contributed by atoms with van der Waals surface area (Å²) in [4.78, 5) is 4.21. The first-order chi connectivity index (χ1) is 9.90. The largest absolute Gasteiger partial charge is 0.490 e. The maximum absolute atomic E-state index is 5.94. The van der Waals surface area contributed by atoms with Gasteiger partial charge in [0.25, 0.3) is 0 Å². The summed E-state index contributed by atoms with van der Waals surface area (Å²) in [6, 6.07) is 2.29. The maximum Gasteiger partial charge on any atom is 0.130 e. The fourth-order valence-corrected chi connectivity index (χ4v) is 2.47. The number of nitrogens with zero attached hydrogens (tertiary/aromatic N) is 3. The van der Waals surface area contributed by atoms with Crippen LogP contribution in [-0.2, 0) is 4.74 Å². The molecule has 0 aromatic carbocycles. The number of hydrogen-bond acceptors (Lipinski definition) is 4. The van der Waals surface area contributed by atoms with Crippen molar-refractivity contribution in [2.75, 3.05) is 13.2 Å². The molecule has 3 heterocycles. The summed E-state index contributed by atoms with van der Waals surface area (Å²) >= 11 is 0. The van der Waals surface area contributed by atoms with Gasteiger partial charge in [-0.1, -0.05) is 0 Å². The lowest BCUT2D eigenvalue weighted by molar-refractivity contribution is 0.184. The van der Waals surface area contributed by atoms with E-state index in [1.54, 1.807) is 6.20 Å². The van der Waals surface area contributed by atoms with E-state index in [1.807, 2.05) is 23.1 Å². The van der Waals surface area contributed by atoms with E-state index in [2.05, 4.69) is 16.3 Å². The molecule has 2 fully saturated rings. The maximum atomic E-state index is 5.94. The fourth-order valence-electron chi connectivity index (χ4n) is 2.47. The Morgan fingerprint density at radius 3 is 3.00 bits per heavy atom. The third-order valence-corrected chi connectivity index (χ3v) is 3.79. The molecule has 0 spiro atoms. The smallest absolute Gasteiger partial charge is 0.130 e. The second kappa shape index (κ2) is 4.90. The van der Waals surface area contributed by atoms with Crippen molar-refractivity contribution < 1.29 is 9.47 Å². The van der Waals surface area contributed by atoms with E-state index in [0.29, 0.717) is 12.1 Å². The molecule has 1 saturated carbocycles. The van der Waals surface area contributed by atoms with Gasteiger partial charge < -0.3 is 9.47 Å². The first-order valence-electron chi connectivity index (χ1n) is 7.13. The Morgan fingerprint density at radius 2 is 2.20 bits per heavy atom. The molecular weight excluding hydrogens is 254 g/mol. The average molecular weight is 271 g/mol. The molecule has 4 rings (SSSR count). The van der Waals surface area contributed by atoms with Crippen molar-refractivity contribution in [3.63, 3.8) is 0 Å². The molecule has 0 amide bonds. The first kappa shape index (κ1) is 11.9. The zero-order valence-electron chi connectivity index (χ0n) is 11.2. The van der Waals surface area contributed by atoms with E-state index in [0.717, 1.165) is 49.4 Å². The van der Waals surface area contributed by atoms with Crippen molar-refractivity contribution in [1.82, 2.24) is 14.8 Å². The molecule has 1 atom stereocenters. The van der Waals surface area contributed by atoms with Gasteiger partial charge in [-0.3, -0.25) is 9.67 Å². The normalized spacial score (nSPS) is 22.1. The summed E-state index contributed by atoms with van der Waals surface area (Å²) in [6.07, 6.45) is 11.3. The van der Waals surface area contributed by atoms with Gasteiger partial charge in [0.15, 0.2) is 0 Å². The van der Waals surface area contributed by atoms with Crippen molar-refractivity contribution in [3.05, 3.63) is 30.9 Å². The number of hydrogen-bond donors (Lipinski definition) is 0. The fraction of sp³-hybridized carbons (Fsp3) is 0.467. The monoisotopic (exact) mass is 271 g/mol. The summed E-state index contributed by atoms with van der Waals surface area (Å²) in [5.41, 5.74) is 2.07. The topological polar surface area (TPSA) is 49.2 Å². The van der Waals surface area contributed by atoms with E-state index in [4.69, 9.17) is 9.47 Å². The predicted octanol–water partition coefficient (Wildman–Crippen LogP) is 2.45. The number of ether oxygens (including phenoxy) is 2. The van der Waals surface area contributed by atoms with Crippen LogP contribution in [0.15, 0.2) is 30.9 Å². The first-order valence-corrected chi connectivity index (χ1v) is 7.13. The molecule has 0 bridgehead atoms. The second-order valence-corrected chi connectivity index (χ2v) is 5.42. The molecule has 1 saturated heterocycles. The van der Waals surface area contributed by atoms with Crippen LogP contribution in [0.1, 0.15) is 25.3 Å². The van der Waals surface area contributed by atoms with Crippen molar-refractivity contribution in [1.29, 1.82) is 0 Å². The van der Waals surface area contributed by atoms with Gasteiger partial charge in [0.05, 0.1) is 24.9 Å². The van der Waals surface area contributed by atoms with Crippen molar-refractivity contribution >= 4 is 0 Å². The lowest BCUT2D eigenvalue weighted by Gasteiger charge is -2.09. The Labute approximate surface area is 117 Å². The molecular formula is C15H17N3O2.